The van der Waals surface area contributed by atoms with E-state index in [4.69, 9.17) is 0 Å². The molecule has 2 aromatic rings. The van der Waals surface area contributed by atoms with Gasteiger partial charge in [-0.1, -0.05) is 25.1 Å². The van der Waals surface area contributed by atoms with Crippen molar-refractivity contribution in [1.82, 2.24) is 5.32 Å². The van der Waals surface area contributed by atoms with Crippen molar-refractivity contribution in [3.8, 4) is 0 Å². The first-order valence-electron chi connectivity index (χ1n) is 8.39. The van der Waals surface area contributed by atoms with Crippen molar-refractivity contribution in [3.63, 3.8) is 0 Å². The van der Waals surface area contributed by atoms with Gasteiger partial charge in [-0.2, -0.15) is 0 Å². The summed E-state index contributed by atoms with van der Waals surface area (Å²) >= 11 is 1.61. The lowest BCUT2D eigenvalue weighted by Crippen LogP contribution is -2.25. The molecule has 0 saturated carbocycles. The molecule has 1 N–H and O–H groups in total. The number of benzene rings is 1. The highest BCUT2D eigenvalue weighted by Crippen LogP contribution is 2.25. The quantitative estimate of drug-likeness (QED) is 0.894. The summed E-state index contributed by atoms with van der Waals surface area (Å²) < 4.78 is 0. The van der Waals surface area contributed by atoms with Crippen molar-refractivity contribution in [2.24, 2.45) is 0 Å². The first-order chi connectivity index (χ1) is 11.2. The van der Waals surface area contributed by atoms with E-state index in [-0.39, 0.29) is 5.91 Å². The molecule has 1 aromatic carbocycles. The summed E-state index contributed by atoms with van der Waals surface area (Å²) in [6.07, 6.45) is 3.51. The number of aryl methyl sites for hydroxylation is 2. The molecular formula is C19H24N2OS. The van der Waals surface area contributed by atoms with Crippen molar-refractivity contribution in [3.05, 3.63) is 51.2 Å². The number of nitrogens with one attached hydrogen (secondary N) is 1. The first kappa shape index (κ1) is 16.1. The summed E-state index contributed by atoms with van der Waals surface area (Å²) in [4.78, 5) is 17.0. The van der Waals surface area contributed by atoms with Crippen molar-refractivity contribution in [1.29, 1.82) is 0 Å². The highest BCUT2D eigenvalue weighted by atomic mass is 32.1. The minimum absolute atomic E-state index is 0.0361. The van der Waals surface area contributed by atoms with Gasteiger partial charge in [0.2, 0.25) is 0 Å². The average molecular weight is 328 g/mol. The number of amides is 1. The van der Waals surface area contributed by atoms with Crippen LogP contribution in [-0.4, -0.2) is 19.0 Å². The highest BCUT2D eigenvalue weighted by Gasteiger charge is 2.16. The van der Waals surface area contributed by atoms with E-state index in [0.717, 1.165) is 24.4 Å². The fraction of sp³-hybridized carbons (Fsp3) is 0.421. The van der Waals surface area contributed by atoms with Crippen molar-refractivity contribution in [2.75, 3.05) is 18.0 Å². The van der Waals surface area contributed by atoms with Crippen molar-refractivity contribution >= 4 is 22.9 Å². The van der Waals surface area contributed by atoms with Crippen LogP contribution in [0.25, 0.3) is 0 Å². The van der Waals surface area contributed by atoms with Crippen LogP contribution in [0, 0.1) is 6.92 Å². The minimum Gasteiger partial charge on any atom is -0.371 e. The zero-order valence-corrected chi connectivity index (χ0v) is 14.7. The van der Waals surface area contributed by atoms with Crippen LogP contribution in [0.2, 0.25) is 0 Å². The molecule has 2 heterocycles. The lowest BCUT2D eigenvalue weighted by atomic mass is 10.1. The monoisotopic (exact) mass is 328 g/mol. The van der Waals surface area contributed by atoms with Crippen LogP contribution < -0.4 is 10.2 Å². The Kier molecular flexibility index (Phi) is 5.01. The molecule has 0 spiro atoms. The van der Waals surface area contributed by atoms with Gasteiger partial charge in [0.15, 0.2) is 0 Å². The molecule has 0 aliphatic carbocycles. The topological polar surface area (TPSA) is 32.3 Å². The molecule has 0 radical (unpaired) electrons. The molecule has 1 aliphatic heterocycles. The maximum atomic E-state index is 12.4. The van der Waals surface area contributed by atoms with E-state index >= 15 is 0 Å². The maximum absolute atomic E-state index is 12.4. The Morgan fingerprint density at radius 2 is 2.00 bits per heavy atom. The number of rotatable bonds is 5. The average Bonchev–Trinajstić information content (AvgIpc) is 3.22. The number of hydrogen-bond acceptors (Lipinski definition) is 3. The molecule has 3 nitrogen and oxygen atoms in total. The van der Waals surface area contributed by atoms with E-state index in [0.29, 0.717) is 6.54 Å². The van der Waals surface area contributed by atoms with Gasteiger partial charge >= 0.3 is 0 Å². The number of carbonyl (C=O) groups is 1. The maximum Gasteiger partial charge on any atom is 0.261 e. The summed E-state index contributed by atoms with van der Waals surface area (Å²) in [5.74, 6) is 0.0361. The molecule has 1 aromatic heterocycles. The van der Waals surface area contributed by atoms with Crippen LogP contribution in [0.3, 0.4) is 0 Å². The molecule has 1 amide bonds. The Hall–Kier alpha value is -1.81. The summed E-state index contributed by atoms with van der Waals surface area (Å²) in [5.41, 5.74) is 3.69. The zero-order valence-electron chi connectivity index (χ0n) is 13.9. The predicted octanol–water partition coefficient (Wildman–Crippen LogP) is 4.15. The van der Waals surface area contributed by atoms with Crippen LogP contribution in [0.1, 0.15) is 45.4 Å². The van der Waals surface area contributed by atoms with Gasteiger partial charge in [0, 0.05) is 30.2 Å². The number of hydrogen-bond donors (Lipinski definition) is 1. The van der Waals surface area contributed by atoms with E-state index in [2.05, 4.69) is 42.3 Å². The molecule has 0 unspecified atom stereocenters. The summed E-state index contributed by atoms with van der Waals surface area (Å²) in [6.45, 7) is 7.04. The largest absolute Gasteiger partial charge is 0.371 e. The number of para-hydroxylation sites is 1. The third kappa shape index (κ3) is 3.58. The fourth-order valence-electron chi connectivity index (χ4n) is 3.17. The Balaban J connectivity index is 1.69. The SMILES string of the molecule is CCc1sc(C(=O)NCc2ccccc2N2CCCC2)cc1C. The summed E-state index contributed by atoms with van der Waals surface area (Å²) in [7, 11) is 0. The molecule has 1 fully saturated rings. The third-order valence-corrected chi connectivity index (χ3v) is 5.82. The van der Waals surface area contributed by atoms with E-state index in [9.17, 15) is 4.79 Å². The van der Waals surface area contributed by atoms with E-state index in [1.54, 1.807) is 11.3 Å². The second-order valence-corrected chi connectivity index (χ2v) is 7.21. The van der Waals surface area contributed by atoms with Crippen LogP contribution >= 0.6 is 11.3 Å². The molecule has 0 bridgehead atoms. The fourth-order valence-corrected chi connectivity index (χ4v) is 4.20. The zero-order chi connectivity index (χ0) is 16.2. The molecular weight excluding hydrogens is 304 g/mol. The van der Waals surface area contributed by atoms with Crippen LogP contribution in [0.15, 0.2) is 30.3 Å². The summed E-state index contributed by atoms with van der Waals surface area (Å²) in [6, 6.07) is 10.4. The third-order valence-electron chi connectivity index (χ3n) is 4.44. The van der Waals surface area contributed by atoms with Crippen LogP contribution in [-0.2, 0) is 13.0 Å². The van der Waals surface area contributed by atoms with Gasteiger partial charge in [-0.05, 0) is 49.4 Å². The van der Waals surface area contributed by atoms with Gasteiger partial charge < -0.3 is 10.2 Å². The van der Waals surface area contributed by atoms with Gasteiger partial charge in [-0.3, -0.25) is 4.79 Å². The second-order valence-electron chi connectivity index (χ2n) is 6.08. The molecule has 0 atom stereocenters. The van der Waals surface area contributed by atoms with Crippen molar-refractivity contribution in [2.45, 2.75) is 39.7 Å². The van der Waals surface area contributed by atoms with Gasteiger partial charge in [-0.15, -0.1) is 11.3 Å². The number of nitrogens with zero attached hydrogens (tertiary/aromatic N) is 1. The van der Waals surface area contributed by atoms with Gasteiger partial charge in [0.05, 0.1) is 4.88 Å². The first-order valence-corrected chi connectivity index (χ1v) is 9.21. The van der Waals surface area contributed by atoms with E-state index in [1.165, 1.54) is 34.5 Å². The summed E-state index contributed by atoms with van der Waals surface area (Å²) in [5, 5.41) is 3.09. The van der Waals surface area contributed by atoms with E-state index in [1.807, 2.05) is 12.1 Å². The van der Waals surface area contributed by atoms with Crippen molar-refractivity contribution < 1.29 is 4.79 Å². The normalized spacial score (nSPS) is 14.3. The lowest BCUT2D eigenvalue weighted by molar-refractivity contribution is 0.0955. The van der Waals surface area contributed by atoms with Gasteiger partial charge in [-0.25, -0.2) is 0 Å². The van der Waals surface area contributed by atoms with Crippen LogP contribution in [0.5, 0.6) is 0 Å². The van der Waals surface area contributed by atoms with Crippen LogP contribution in [0.4, 0.5) is 5.69 Å². The molecule has 23 heavy (non-hydrogen) atoms. The smallest absolute Gasteiger partial charge is 0.261 e. The Labute approximate surface area is 142 Å². The molecule has 4 heteroatoms. The van der Waals surface area contributed by atoms with E-state index < -0.39 is 0 Å². The molecule has 3 rings (SSSR count). The standard InChI is InChI=1S/C19H24N2OS/c1-3-17-14(2)12-18(23-17)19(22)20-13-15-8-4-5-9-16(15)21-10-6-7-11-21/h4-5,8-9,12H,3,6-7,10-11,13H2,1-2H3,(H,20,22). The number of carbonyl (C=O) groups excluding carboxylic acids is 1. The Bertz CT molecular complexity index is 686. The number of anilines is 1. The van der Waals surface area contributed by atoms with Gasteiger partial charge in [0.1, 0.15) is 0 Å². The number of thiophene rings is 1. The second kappa shape index (κ2) is 7.18. The highest BCUT2D eigenvalue weighted by molar-refractivity contribution is 7.14. The minimum atomic E-state index is 0.0361. The lowest BCUT2D eigenvalue weighted by Gasteiger charge is -2.21. The van der Waals surface area contributed by atoms with Gasteiger partial charge in [0.25, 0.3) is 5.91 Å². The molecule has 1 aliphatic rings. The molecule has 122 valence electrons. The predicted molar refractivity (Wildman–Crippen MR) is 97.5 cm³/mol. The Morgan fingerprint density at radius 1 is 1.26 bits per heavy atom. The Morgan fingerprint density at radius 3 is 2.70 bits per heavy atom. The molecule has 1 saturated heterocycles.